The number of hydrogen-bond acceptors (Lipinski definition) is 4. The molecule has 0 aliphatic carbocycles. The molecule has 3 rings (SSSR count). The molecule has 2 aromatic carbocycles. The van der Waals surface area contributed by atoms with Crippen LogP contribution in [0.5, 0.6) is 0 Å². The Morgan fingerprint density at radius 3 is 2.48 bits per heavy atom. The number of hydrogen-bond donors (Lipinski definition) is 1. The topological polar surface area (TPSA) is 68.3 Å². The van der Waals surface area contributed by atoms with Crippen LogP contribution < -0.4 is 5.32 Å². The second kappa shape index (κ2) is 6.91. The maximum absolute atomic E-state index is 12.8. The second-order valence-electron chi connectivity index (χ2n) is 5.45. The summed E-state index contributed by atoms with van der Waals surface area (Å²) in [6, 6.07) is 14.3. The van der Waals surface area contributed by atoms with Crippen molar-refractivity contribution in [2.45, 2.75) is 6.92 Å². The highest BCUT2D eigenvalue weighted by atomic mass is 35.5. The highest BCUT2D eigenvalue weighted by Crippen LogP contribution is 2.24. The quantitative estimate of drug-likeness (QED) is 0.564. The standard InChI is InChI=1S/C19H15ClN2O3/c1-11-7-8-14(13-6-4-3-5-12(11)13)18(23)21-15-9-10-16(20)22-17(15)19(24)25-2/h3-10H,1-2H3,(H,21,23). The van der Waals surface area contributed by atoms with Crippen LogP contribution in [0.4, 0.5) is 5.69 Å². The maximum Gasteiger partial charge on any atom is 0.358 e. The third-order valence-electron chi connectivity index (χ3n) is 3.87. The van der Waals surface area contributed by atoms with Crippen molar-refractivity contribution in [3.05, 3.63) is 70.5 Å². The number of methoxy groups -OCH3 is 1. The van der Waals surface area contributed by atoms with E-state index >= 15 is 0 Å². The highest BCUT2D eigenvalue weighted by molar-refractivity contribution is 6.29. The van der Waals surface area contributed by atoms with Crippen LogP contribution in [0.3, 0.4) is 0 Å². The fraction of sp³-hybridized carbons (Fsp3) is 0.105. The number of fused-ring (bicyclic) bond motifs is 1. The number of pyridine rings is 1. The molecule has 0 aliphatic rings. The van der Waals surface area contributed by atoms with Gasteiger partial charge in [-0.05, 0) is 41.5 Å². The summed E-state index contributed by atoms with van der Waals surface area (Å²) in [5.41, 5.74) is 1.79. The first kappa shape index (κ1) is 16.9. The molecule has 1 amide bonds. The Labute approximate surface area is 149 Å². The summed E-state index contributed by atoms with van der Waals surface area (Å²) in [6.45, 7) is 1.99. The highest BCUT2D eigenvalue weighted by Gasteiger charge is 2.18. The van der Waals surface area contributed by atoms with Crippen LogP contribution in [0.25, 0.3) is 10.8 Å². The number of carbonyl (C=O) groups excluding carboxylic acids is 2. The van der Waals surface area contributed by atoms with E-state index in [0.29, 0.717) is 5.56 Å². The predicted molar refractivity (Wildman–Crippen MR) is 97.2 cm³/mol. The van der Waals surface area contributed by atoms with Crippen LogP contribution in [0.2, 0.25) is 5.15 Å². The molecular formula is C19H15ClN2O3. The number of aryl methyl sites for hydroxylation is 1. The summed E-state index contributed by atoms with van der Waals surface area (Å²) in [5.74, 6) is -1.02. The minimum absolute atomic E-state index is 0.0419. The fourth-order valence-corrected chi connectivity index (χ4v) is 2.77. The van der Waals surface area contributed by atoms with Gasteiger partial charge in [0.05, 0.1) is 12.8 Å². The normalized spacial score (nSPS) is 10.5. The third kappa shape index (κ3) is 3.32. The average molecular weight is 355 g/mol. The van der Waals surface area contributed by atoms with Crippen LogP contribution >= 0.6 is 11.6 Å². The van der Waals surface area contributed by atoms with E-state index < -0.39 is 5.97 Å². The molecule has 0 atom stereocenters. The minimum Gasteiger partial charge on any atom is -0.464 e. The van der Waals surface area contributed by atoms with Crippen molar-refractivity contribution in [3.8, 4) is 0 Å². The summed E-state index contributed by atoms with van der Waals surface area (Å²) < 4.78 is 4.69. The molecule has 25 heavy (non-hydrogen) atoms. The number of esters is 1. The molecule has 0 unspecified atom stereocenters. The Morgan fingerprint density at radius 1 is 1.04 bits per heavy atom. The lowest BCUT2D eigenvalue weighted by Gasteiger charge is -2.12. The number of amides is 1. The van der Waals surface area contributed by atoms with E-state index in [1.165, 1.54) is 19.2 Å². The number of rotatable bonds is 3. The van der Waals surface area contributed by atoms with Crippen molar-refractivity contribution < 1.29 is 14.3 Å². The molecule has 0 bridgehead atoms. The van der Waals surface area contributed by atoms with Crippen molar-refractivity contribution >= 4 is 39.9 Å². The van der Waals surface area contributed by atoms with Crippen molar-refractivity contribution in [2.24, 2.45) is 0 Å². The number of ether oxygens (including phenoxy) is 1. The van der Waals surface area contributed by atoms with Gasteiger partial charge in [-0.25, -0.2) is 9.78 Å². The van der Waals surface area contributed by atoms with Gasteiger partial charge in [0, 0.05) is 5.56 Å². The largest absolute Gasteiger partial charge is 0.464 e. The summed E-state index contributed by atoms with van der Waals surface area (Å²) in [5, 5.41) is 4.69. The Morgan fingerprint density at radius 2 is 1.76 bits per heavy atom. The molecule has 0 saturated carbocycles. The van der Waals surface area contributed by atoms with Gasteiger partial charge >= 0.3 is 5.97 Å². The molecule has 0 saturated heterocycles. The molecule has 1 aromatic heterocycles. The smallest absolute Gasteiger partial charge is 0.358 e. The van der Waals surface area contributed by atoms with Gasteiger partial charge < -0.3 is 10.1 Å². The molecular weight excluding hydrogens is 340 g/mol. The van der Waals surface area contributed by atoms with Gasteiger partial charge in [-0.2, -0.15) is 0 Å². The van der Waals surface area contributed by atoms with Crippen molar-refractivity contribution in [1.82, 2.24) is 4.98 Å². The maximum atomic E-state index is 12.8. The zero-order valence-electron chi connectivity index (χ0n) is 13.7. The fourth-order valence-electron chi connectivity index (χ4n) is 2.63. The van der Waals surface area contributed by atoms with E-state index in [2.05, 4.69) is 10.3 Å². The Hall–Kier alpha value is -2.92. The first-order chi connectivity index (χ1) is 12.0. The summed E-state index contributed by atoms with van der Waals surface area (Å²) in [7, 11) is 1.24. The summed E-state index contributed by atoms with van der Waals surface area (Å²) in [6.07, 6.45) is 0. The number of nitrogens with zero attached hydrogens (tertiary/aromatic N) is 1. The van der Waals surface area contributed by atoms with Gasteiger partial charge in [0.1, 0.15) is 5.15 Å². The van der Waals surface area contributed by atoms with E-state index in [4.69, 9.17) is 16.3 Å². The van der Waals surface area contributed by atoms with Crippen molar-refractivity contribution in [1.29, 1.82) is 0 Å². The van der Waals surface area contributed by atoms with E-state index in [9.17, 15) is 9.59 Å². The van der Waals surface area contributed by atoms with Crippen LogP contribution in [0, 0.1) is 6.92 Å². The number of halogens is 1. The summed E-state index contributed by atoms with van der Waals surface area (Å²) >= 11 is 5.84. The zero-order chi connectivity index (χ0) is 18.0. The molecule has 3 aromatic rings. The monoisotopic (exact) mass is 354 g/mol. The van der Waals surface area contributed by atoms with Gasteiger partial charge in [0.15, 0.2) is 5.69 Å². The van der Waals surface area contributed by atoms with Crippen molar-refractivity contribution in [2.75, 3.05) is 12.4 Å². The molecule has 6 heteroatoms. The molecule has 0 radical (unpaired) electrons. The average Bonchev–Trinajstić information content (AvgIpc) is 2.63. The molecule has 126 valence electrons. The van der Waals surface area contributed by atoms with Gasteiger partial charge in [0.2, 0.25) is 0 Å². The van der Waals surface area contributed by atoms with E-state index in [1.54, 1.807) is 6.07 Å². The number of anilines is 1. The lowest BCUT2D eigenvalue weighted by Crippen LogP contribution is -2.17. The van der Waals surface area contributed by atoms with Gasteiger partial charge in [0.25, 0.3) is 5.91 Å². The number of aromatic nitrogens is 1. The molecule has 1 heterocycles. The zero-order valence-corrected chi connectivity index (χ0v) is 14.4. The third-order valence-corrected chi connectivity index (χ3v) is 4.09. The molecule has 0 spiro atoms. The molecule has 0 fully saturated rings. The molecule has 1 N–H and O–H groups in total. The minimum atomic E-state index is -0.674. The van der Waals surface area contributed by atoms with E-state index in [0.717, 1.165) is 16.3 Å². The van der Waals surface area contributed by atoms with E-state index in [-0.39, 0.29) is 22.4 Å². The first-order valence-corrected chi connectivity index (χ1v) is 7.93. The molecule has 0 aliphatic heterocycles. The van der Waals surface area contributed by atoms with Crippen LogP contribution in [-0.2, 0) is 4.74 Å². The number of nitrogens with one attached hydrogen (secondary N) is 1. The van der Waals surface area contributed by atoms with Gasteiger partial charge in [-0.1, -0.05) is 41.9 Å². The molecule has 5 nitrogen and oxygen atoms in total. The van der Waals surface area contributed by atoms with Crippen LogP contribution in [-0.4, -0.2) is 24.0 Å². The Kier molecular flexibility index (Phi) is 4.67. The van der Waals surface area contributed by atoms with Gasteiger partial charge in [-0.3, -0.25) is 4.79 Å². The lowest BCUT2D eigenvalue weighted by molar-refractivity contribution is 0.0595. The van der Waals surface area contributed by atoms with Crippen LogP contribution in [0.15, 0.2) is 48.5 Å². The predicted octanol–water partition coefficient (Wildman–Crippen LogP) is 4.24. The SMILES string of the molecule is COC(=O)c1nc(Cl)ccc1NC(=O)c1ccc(C)c2ccccc12. The Balaban J connectivity index is 2.02. The van der Waals surface area contributed by atoms with Gasteiger partial charge in [-0.15, -0.1) is 0 Å². The second-order valence-corrected chi connectivity index (χ2v) is 5.84. The Bertz CT molecular complexity index is 986. The first-order valence-electron chi connectivity index (χ1n) is 7.56. The van der Waals surface area contributed by atoms with Crippen molar-refractivity contribution in [3.63, 3.8) is 0 Å². The number of benzene rings is 2. The number of carbonyl (C=O) groups is 2. The van der Waals surface area contributed by atoms with Crippen LogP contribution in [0.1, 0.15) is 26.4 Å². The van der Waals surface area contributed by atoms with E-state index in [1.807, 2.05) is 37.3 Å². The summed E-state index contributed by atoms with van der Waals surface area (Å²) in [4.78, 5) is 28.6. The lowest BCUT2D eigenvalue weighted by atomic mass is 10.00.